The van der Waals surface area contributed by atoms with E-state index in [2.05, 4.69) is 5.32 Å². The summed E-state index contributed by atoms with van der Waals surface area (Å²) in [5, 5.41) is 2.73. The van der Waals surface area contributed by atoms with Crippen LogP contribution in [0.15, 0.2) is 22.8 Å². The Hall–Kier alpha value is -1.54. The molecule has 1 aliphatic rings. The highest BCUT2D eigenvalue weighted by Gasteiger charge is 2.25. The molecule has 1 aromatic rings. The van der Waals surface area contributed by atoms with Crippen molar-refractivity contribution < 1.29 is 17.6 Å². The van der Waals surface area contributed by atoms with Crippen molar-refractivity contribution in [2.75, 3.05) is 32.4 Å². The van der Waals surface area contributed by atoms with Crippen molar-refractivity contribution in [2.45, 2.75) is 6.54 Å². The molecule has 1 aromatic heterocycles. The SMILES string of the molecule is CS(=O)(=O)N1CCN(C(=O)NCc2ccco2)CC1. The molecule has 106 valence electrons. The Kier molecular flexibility index (Phi) is 4.11. The van der Waals surface area contributed by atoms with Gasteiger partial charge in [-0.05, 0) is 12.1 Å². The molecule has 0 atom stereocenters. The summed E-state index contributed by atoms with van der Waals surface area (Å²) in [5.74, 6) is 0.683. The Balaban J connectivity index is 1.79. The topological polar surface area (TPSA) is 82.9 Å². The summed E-state index contributed by atoms with van der Waals surface area (Å²) >= 11 is 0. The maximum atomic E-state index is 11.9. The van der Waals surface area contributed by atoms with Crippen LogP contribution in [0, 0.1) is 0 Å². The monoisotopic (exact) mass is 287 g/mol. The van der Waals surface area contributed by atoms with E-state index in [1.165, 1.54) is 10.6 Å². The smallest absolute Gasteiger partial charge is 0.317 e. The van der Waals surface area contributed by atoms with Gasteiger partial charge in [0.2, 0.25) is 10.0 Å². The van der Waals surface area contributed by atoms with Gasteiger partial charge in [-0.2, -0.15) is 4.31 Å². The van der Waals surface area contributed by atoms with Gasteiger partial charge in [-0.1, -0.05) is 0 Å². The molecule has 2 heterocycles. The molecule has 1 N–H and O–H groups in total. The number of furan rings is 1. The highest BCUT2D eigenvalue weighted by Crippen LogP contribution is 2.06. The van der Waals surface area contributed by atoms with Crippen molar-refractivity contribution in [2.24, 2.45) is 0 Å². The third-order valence-corrected chi connectivity index (χ3v) is 4.29. The summed E-state index contributed by atoms with van der Waals surface area (Å²) in [5.41, 5.74) is 0. The third-order valence-electron chi connectivity index (χ3n) is 2.99. The van der Waals surface area contributed by atoms with E-state index in [9.17, 15) is 13.2 Å². The Labute approximate surface area is 112 Å². The van der Waals surface area contributed by atoms with Crippen molar-refractivity contribution in [3.8, 4) is 0 Å². The van der Waals surface area contributed by atoms with E-state index < -0.39 is 10.0 Å². The van der Waals surface area contributed by atoms with Crippen molar-refractivity contribution >= 4 is 16.1 Å². The summed E-state index contributed by atoms with van der Waals surface area (Å²) < 4.78 is 29.2. The fourth-order valence-corrected chi connectivity index (χ4v) is 2.74. The van der Waals surface area contributed by atoms with Crippen LogP contribution in [0.1, 0.15) is 5.76 Å². The number of rotatable bonds is 3. The zero-order valence-electron chi connectivity index (χ0n) is 10.7. The van der Waals surface area contributed by atoms with Crippen molar-refractivity contribution in [3.63, 3.8) is 0 Å². The quantitative estimate of drug-likeness (QED) is 0.852. The number of carbonyl (C=O) groups is 1. The molecule has 1 fully saturated rings. The number of nitrogens with zero attached hydrogens (tertiary/aromatic N) is 2. The Morgan fingerprint density at radius 3 is 2.58 bits per heavy atom. The van der Waals surface area contributed by atoms with Gasteiger partial charge < -0.3 is 14.6 Å². The highest BCUT2D eigenvalue weighted by atomic mass is 32.2. The first kappa shape index (κ1) is 13.9. The number of amides is 2. The largest absolute Gasteiger partial charge is 0.467 e. The van der Waals surface area contributed by atoms with E-state index in [-0.39, 0.29) is 6.03 Å². The molecule has 8 heteroatoms. The van der Waals surface area contributed by atoms with Gasteiger partial charge in [0, 0.05) is 26.2 Å². The molecule has 0 saturated carbocycles. The zero-order valence-corrected chi connectivity index (χ0v) is 11.5. The van der Waals surface area contributed by atoms with E-state index in [0.717, 1.165) is 0 Å². The lowest BCUT2D eigenvalue weighted by Crippen LogP contribution is -2.52. The predicted octanol–water partition coefficient (Wildman–Crippen LogP) is 0.0664. The average Bonchev–Trinajstić information content (AvgIpc) is 2.88. The van der Waals surface area contributed by atoms with Gasteiger partial charge in [0.25, 0.3) is 0 Å². The van der Waals surface area contributed by atoms with Crippen LogP contribution in [-0.2, 0) is 16.6 Å². The molecule has 2 rings (SSSR count). The van der Waals surface area contributed by atoms with Crippen molar-refractivity contribution in [1.29, 1.82) is 0 Å². The van der Waals surface area contributed by atoms with Crippen LogP contribution < -0.4 is 5.32 Å². The van der Waals surface area contributed by atoms with Crippen LogP contribution in [0.25, 0.3) is 0 Å². The van der Waals surface area contributed by atoms with E-state index in [4.69, 9.17) is 4.42 Å². The Morgan fingerprint density at radius 2 is 2.05 bits per heavy atom. The number of piperazine rings is 1. The molecule has 1 saturated heterocycles. The first-order valence-corrected chi connectivity index (χ1v) is 7.82. The summed E-state index contributed by atoms with van der Waals surface area (Å²) in [7, 11) is -3.16. The summed E-state index contributed by atoms with van der Waals surface area (Å²) in [4.78, 5) is 13.5. The molecule has 19 heavy (non-hydrogen) atoms. The minimum absolute atomic E-state index is 0.204. The number of urea groups is 1. The van der Waals surface area contributed by atoms with E-state index in [1.807, 2.05) is 0 Å². The second-order valence-electron chi connectivity index (χ2n) is 4.39. The number of hydrogen-bond donors (Lipinski definition) is 1. The van der Waals surface area contributed by atoms with Gasteiger partial charge in [-0.15, -0.1) is 0 Å². The zero-order chi connectivity index (χ0) is 13.9. The van der Waals surface area contributed by atoms with Crippen LogP contribution in [0.4, 0.5) is 4.79 Å². The highest BCUT2D eigenvalue weighted by molar-refractivity contribution is 7.88. The second-order valence-corrected chi connectivity index (χ2v) is 6.37. The first-order chi connectivity index (χ1) is 8.97. The van der Waals surface area contributed by atoms with Gasteiger partial charge in [0.15, 0.2) is 0 Å². The van der Waals surface area contributed by atoms with Gasteiger partial charge in [-0.3, -0.25) is 0 Å². The van der Waals surface area contributed by atoms with Crippen LogP contribution in [0.3, 0.4) is 0 Å². The lowest BCUT2D eigenvalue weighted by Gasteiger charge is -2.33. The molecule has 2 amide bonds. The lowest BCUT2D eigenvalue weighted by atomic mass is 10.4. The molecular formula is C11H17N3O4S. The Morgan fingerprint density at radius 1 is 1.37 bits per heavy atom. The molecule has 0 unspecified atom stereocenters. The van der Waals surface area contributed by atoms with Crippen LogP contribution in [-0.4, -0.2) is 56.1 Å². The van der Waals surface area contributed by atoms with Gasteiger partial charge in [-0.25, -0.2) is 13.2 Å². The van der Waals surface area contributed by atoms with Crippen LogP contribution >= 0.6 is 0 Å². The molecule has 0 spiro atoms. The minimum Gasteiger partial charge on any atom is -0.467 e. The minimum atomic E-state index is -3.16. The molecule has 0 aromatic carbocycles. The molecular weight excluding hydrogens is 270 g/mol. The standard InChI is InChI=1S/C11H17N3O4S/c1-19(16,17)14-6-4-13(5-7-14)11(15)12-9-10-3-2-8-18-10/h2-3,8H,4-7,9H2,1H3,(H,12,15). The fraction of sp³-hybridized carbons (Fsp3) is 0.545. The maximum Gasteiger partial charge on any atom is 0.317 e. The third kappa shape index (κ3) is 3.71. The van der Waals surface area contributed by atoms with Gasteiger partial charge >= 0.3 is 6.03 Å². The number of hydrogen-bond acceptors (Lipinski definition) is 4. The van der Waals surface area contributed by atoms with E-state index in [0.29, 0.717) is 38.5 Å². The van der Waals surface area contributed by atoms with Crippen molar-refractivity contribution in [3.05, 3.63) is 24.2 Å². The van der Waals surface area contributed by atoms with Gasteiger partial charge in [0.05, 0.1) is 19.1 Å². The summed E-state index contributed by atoms with van der Waals surface area (Å²) in [6.07, 6.45) is 2.73. The molecule has 7 nitrogen and oxygen atoms in total. The van der Waals surface area contributed by atoms with E-state index >= 15 is 0 Å². The average molecular weight is 287 g/mol. The first-order valence-electron chi connectivity index (χ1n) is 5.97. The second kappa shape index (κ2) is 5.62. The Bertz CT molecular complexity index is 518. The number of carbonyl (C=O) groups excluding carboxylic acids is 1. The predicted molar refractivity (Wildman–Crippen MR) is 68.9 cm³/mol. The molecule has 1 aliphatic heterocycles. The maximum absolute atomic E-state index is 11.9. The van der Waals surface area contributed by atoms with Gasteiger partial charge in [0.1, 0.15) is 5.76 Å². The fourth-order valence-electron chi connectivity index (χ4n) is 1.91. The molecule has 0 aliphatic carbocycles. The van der Waals surface area contributed by atoms with Crippen LogP contribution in [0.2, 0.25) is 0 Å². The summed E-state index contributed by atoms with van der Waals surface area (Å²) in [6.45, 7) is 1.81. The molecule has 0 bridgehead atoms. The van der Waals surface area contributed by atoms with E-state index in [1.54, 1.807) is 23.3 Å². The lowest BCUT2D eigenvalue weighted by molar-refractivity contribution is 0.171. The number of sulfonamides is 1. The summed E-state index contributed by atoms with van der Waals surface area (Å²) in [6, 6.07) is 3.33. The van der Waals surface area contributed by atoms with Crippen molar-refractivity contribution in [1.82, 2.24) is 14.5 Å². The molecule has 0 radical (unpaired) electrons. The number of nitrogens with one attached hydrogen (secondary N) is 1. The normalized spacial score (nSPS) is 17.4. The van der Waals surface area contributed by atoms with Crippen LogP contribution in [0.5, 0.6) is 0 Å².